The molecule has 1 amide bonds. The number of amides is 1. The van der Waals surface area contributed by atoms with Crippen LogP contribution in [0, 0.1) is 0 Å². The molecule has 3 rings (SSSR count). The van der Waals surface area contributed by atoms with Crippen molar-refractivity contribution in [2.75, 3.05) is 18.4 Å². The summed E-state index contributed by atoms with van der Waals surface area (Å²) in [5.74, 6) is 0.537. The number of nitrogens with zero attached hydrogens (tertiary/aromatic N) is 2. The summed E-state index contributed by atoms with van der Waals surface area (Å²) < 4.78 is 7.88. The molecule has 6 heteroatoms. The Labute approximate surface area is 131 Å². The van der Waals surface area contributed by atoms with Gasteiger partial charge in [-0.25, -0.2) is 0 Å². The SMILES string of the molecule is CC[C@H](OC1CCCC1)C(=O)Nc1ccn([C@@H]2CCNC2)n1. The molecule has 122 valence electrons. The zero-order valence-electron chi connectivity index (χ0n) is 13.3. The second kappa shape index (κ2) is 7.24. The Kier molecular flexibility index (Phi) is 5.10. The number of nitrogens with one attached hydrogen (secondary N) is 2. The highest BCUT2D eigenvalue weighted by Crippen LogP contribution is 2.23. The lowest BCUT2D eigenvalue weighted by molar-refractivity contribution is -0.131. The first-order valence-electron chi connectivity index (χ1n) is 8.48. The van der Waals surface area contributed by atoms with Gasteiger partial charge in [-0.3, -0.25) is 9.48 Å². The van der Waals surface area contributed by atoms with Crippen molar-refractivity contribution < 1.29 is 9.53 Å². The maximum Gasteiger partial charge on any atom is 0.254 e. The number of rotatable bonds is 6. The second-order valence-electron chi connectivity index (χ2n) is 6.26. The van der Waals surface area contributed by atoms with E-state index in [1.54, 1.807) is 0 Å². The van der Waals surface area contributed by atoms with E-state index in [0.717, 1.165) is 32.4 Å². The molecule has 6 nitrogen and oxygen atoms in total. The first kappa shape index (κ1) is 15.5. The molecular formula is C16H26N4O2. The summed E-state index contributed by atoms with van der Waals surface area (Å²) in [5, 5.41) is 10.7. The zero-order chi connectivity index (χ0) is 15.4. The molecule has 2 N–H and O–H groups in total. The molecule has 0 spiro atoms. The van der Waals surface area contributed by atoms with Crippen LogP contribution in [-0.2, 0) is 9.53 Å². The number of aromatic nitrogens is 2. The van der Waals surface area contributed by atoms with Crippen molar-refractivity contribution in [2.45, 2.75) is 63.7 Å². The minimum Gasteiger partial charge on any atom is -0.365 e. The first-order valence-corrected chi connectivity index (χ1v) is 8.48. The highest BCUT2D eigenvalue weighted by molar-refractivity contribution is 5.93. The van der Waals surface area contributed by atoms with Gasteiger partial charge in [0.2, 0.25) is 0 Å². The molecule has 1 aromatic heterocycles. The van der Waals surface area contributed by atoms with Crippen LogP contribution < -0.4 is 10.6 Å². The van der Waals surface area contributed by atoms with Gasteiger partial charge in [0.25, 0.3) is 5.91 Å². The fourth-order valence-corrected chi connectivity index (χ4v) is 3.28. The van der Waals surface area contributed by atoms with Gasteiger partial charge in [0.05, 0.1) is 12.1 Å². The van der Waals surface area contributed by atoms with Gasteiger partial charge in [0.15, 0.2) is 5.82 Å². The lowest BCUT2D eigenvalue weighted by Crippen LogP contribution is -2.33. The average Bonchev–Trinajstić information content (AvgIpc) is 3.25. The van der Waals surface area contributed by atoms with Gasteiger partial charge in [-0.05, 0) is 32.2 Å². The summed E-state index contributed by atoms with van der Waals surface area (Å²) in [6.07, 6.45) is 8.16. The maximum atomic E-state index is 12.4. The van der Waals surface area contributed by atoms with Gasteiger partial charge in [-0.2, -0.15) is 5.10 Å². The molecule has 0 unspecified atom stereocenters. The van der Waals surface area contributed by atoms with Gasteiger partial charge in [-0.15, -0.1) is 0 Å². The third-order valence-electron chi connectivity index (χ3n) is 4.59. The molecule has 2 fully saturated rings. The predicted molar refractivity (Wildman–Crippen MR) is 84.8 cm³/mol. The van der Waals surface area contributed by atoms with E-state index < -0.39 is 0 Å². The molecule has 1 aromatic rings. The Morgan fingerprint density at radius 2 is 2.32 bits per heavy atom. The molecule has 2 aliphatic rings. The standard InChI is InChI=1S/C16H26N4O2/c1-2-14(22-13-5-3-4-6-13)16(21)18-15-8-10-20(19-15)12-7-9-17-11-12/h8,10,12-14,17H,2-7,9,11H2,1H3,(H,18,19,21)/t12-,14+/m1/s1. The third-order valence-corrected chi connectivity index (χ3v) is 4.59. The Morgan fingerprint density at radius 1 is 1.50 bits per heavy atom. The van der Waals surface area contributed by atoms with Gasteiger partial charge in [0.1, 0.15) is 6.10 Å². The van der Waals surface area contributed by atoms with Crippen LogP contribution in [0.4, 0.5) is 5.82 Å². The minimum atomic E-state index is -0.374. The Hall–Kier alpha value is -1.40. The summed E-state index contributed by atoms with van der Waals surface area (Å²) in [7, 11) is 0. The third kappa shape index (κ3) is 3.67. The van der Waals surface area contributed by atoms with Crippen LogP contribution >= 0.6 is 0 Å². The summed E-state index contributed by atoms with van der Waals surface area (Å²) in [5.41, 5.74) is 0. The molecule has 1 saturated heterocycles. The number of ether oxygens (including phenoxy) is 1. The number of hydrogen-bond acceptors (Lipinski definition) is 4. The van der Waals surface area contributed by atoms with E-state index in [9.17, 15) is 4.79 Å². The summed E-state index contributed by atoms with van der Waals surface area (Å²) in [6.45, 7) is 3.96. The molecule has 0 bridgehead atoms. The van der Waals surface area contributed by atoms with Crippen LogP contribution in [0.15, 0.2) is 12.3 Å². The van der Waals surface area contributed by atoms with Crippen LogP contribution in [0.2, 0.25) is 0 Å². The van der Waals surface area contributed by atoms with Crippen molar-refractivity contribution in [1.82, 2.24) is 15.1 Å². The highest BCUT2D eigenvalue weighted by Gasteiger charge is 2.25. The normalized spacial score (nSPS) is 23.8. The predicted octanol–water partition coefficient (Wildman–Crippen LogP) is 2.09. The van der Waals surface area contributed by atoms with Crippen LogP contribution in [0.1, 0.15) is 51.5 Å². The molecule has 1 saturated carbocycles. The average molecular weight is 306 g/mol. The van der Waals surface area contributed by atoms with E-state index in [1.807, 2.05) is 23.9 Å². The van der Waals surface area contributed by atoms with Crippen molar-refractivity contribution in [3.63, 3.8) is 0 Å². The largest absolute Gasteiger partial charge is 0.365 e. The van der Waals surface area contributed by atoms with Crippen molar-refractivity contribution in [1.29, 1.82) is 0 Å². The van der Waals surface area contributed by atoms with Crippen molar-refractivity contribution in [3.05, 3.63) is 12.3 Å². The summed E-state index contributed by atoms with van der Waals surface area (Å²) >= 11 is 0. The van der Waals surface area contributed by atoms with E-state index in [1.165, 1.54) is 12.8 Å². The fourth-order valence-electron chi connectivity index (χ4n) is 3.28. The van der Waals surface area contributed by atoms with Crippen molar-refractivity contribution >= 4 is 11.7 Å². The van der Waals surface area contributed by atoms with Gasteiger partial charge in [0, 0.05) is 18.8 Å². The molecule has 2 atom stereocenters. The number of hydrogen-bond donors (Lipinski definition) is 2. The molecule has 1 aliphatic carbocycles. The molecular weight excluding hydrogens is 280 g/mol. The number of carbonyl (C=O) groups is 1. The Morgan fingerprint density at radius 3 is 3.00 bits per heavy atom. The quantitative estimate of drug-likeness (QED) is 0.844. The van der Waals surface area contributed by atoms with Gasteiger partial charge >= 0.3 is 0 Å². The molecule has 1 aliphatic heterocycles. The van der Waals surface area contributed by atoms with Crippen LogP contribution in [0.25, 0.3) is 0 Å². The zero-order valence-corrected chi connectivity index (χ0v) is 13.3. The number of anilines is 1. The van der Waals surface area contributed by atoms with Crippen molar-refractivity contribution in [3.8, 4) is 0 Å². The lowest BCUT2D eigenvalue weighted by Gasteiger charge is -2.19. The fraction of sp³-hybridized carbons (Fsp3) is 0.750. The molecule has 2 heterocycles. The number of carbonyl (C=O) groups excluding carboxylic acids is 1. The van der Waals surface area contributed by atoms with Crippen molar-refractivity contribution in [2.24, 2.45) is 0 Å². The van der Waals surface area contributed by atoms with Gasteiger partial charge < -0.3 is 15.4 Å². The van der Waals surface area contributed by atoms with E-state index in [0.29, 0.717) is 18.3 Å². The smallest absolute Gasteiger partial charge is 0.254 e. The second-order valence-corrected chi connectivity index (χ2v) is 6.26. The van der Waals surface area contributed by atoms with E-state index >= 15 is 0 Å². The van der Waals surface area contributed by atoms with E-state index in [2.05, 4.69) is 15.7 Å². The first-order chi connectivity index (χ1) is 10.8. The highest BCUT2D eigenvalue weighted by atomic mass is 16.5. The Balaban J connectivity index is 1.55. The summed E-state index contributed by atoms with van der Waals surface area (Å²) in [6, 6.07) is 2.25. The molecule has 0 radical (unpaired) electrons. The van der Waals surface area contributed by atoms with E-state index in [-0.39, 0.29) is 18.1 Å². The monoisotopic (exact) mass is 306 g/mol. The van der Waals surface area contributed by atoms with Crippen LogP contribution in [-0.4, -0.2) is 41.0 Å². The molecule has 22 heavy (non-hydrogen) atoms. The maximum absolute atomic E-state index is 12.4. The topological polar surface area (TPSA) is 68.2 Å². The Bertz CT molecular complexity index is 490. The van der Waals surface area contributed by atoms with E-state index in [4.69, 9.17) is 4.74 Å². The van der Waals surface area contributed by atoms with Crippen LogP contribution in [0.5, 0.6) is 0 Å². The summed E-state index contributed by atoms with van der Waals surface area (Å²) in [4.78, 5) is 12.4. The lowest BCUT2D eigenvalue weighted by atomic mass is 10.2. The molecule has 0 aromatic carbocycles. The minimum absolute atomic E-state index is 0.0794. The van der Waals surface area contributed by atoms with Gasteiger partial charge in [-0.1, -0.05) is 19.8 Å². The van der Waals surface area contributed by atoms with Crippen LogP contribution in [0.3, 0.4) is 0 Å².